The van der Waals surface area contributed by atoms with E-state index in [4.69, 9.17) is 53.1 Å². The number of primary amides is 1. The zero-order valence-corrected chi connectivity index (χ0v) is 52.9. The number of carbonyl (C=O) groups excluding carboxylic acids is 9. The highest BCUT2D eigenvalue weighted by molar-refractivity contribution is 7.89. The van der Waals surface area contributed by atoms with Crippen LogP contribution in [0.1, 0.15) is 64.0 Å². The number of esters is 3. The Morgan fingerprint density at radius 3 is 1.60 bits per heavy atom. The number of sulfonamides is 1. The molecule has 0 bridgehead atoms. The van der Waals surface area contributed by atoms with Gasteiger partial charge >= 0.3 is 17.9 Å². The molecule has 0 saturated heterocycles. The molecule has 0 saturated carbocycles. The van der Waals surface area contributed by atoms with E-state index < -0.39 is 132 Å². The highest BCUT2D eigenvalue weighted by Crippen LogP contribution is 2.21. The van der Waals surface area contributed by atoms with Gasteiger partial charge in [0.25, 0.3) is 0 Å². The number of aromatic nitrogens is 1. The molecular weight excluding hydrogens is 1230 g/mol. The van der Waals surface area contributed by atoms with Crippen molar-refractivity contribution in [1.82, 2.24) is 36.3 Å². The van der Waals surface area contributed by atoms with Crippen molar-refractivity contribution >= 4 is 74.3 Å². The second-order valence-electron chi connectivity index (χ2n) is 20.0. The van der Waals surface area contributed by atoms with Gasteiger partial charge in [-0.3, -0.25) is 43.2 Å². The summed E-state index contributed by atoms with van der Waals surface area (Å²) in [7, 11) is -3.25. The molecule has 1 heterocycles. The summed E-state index contributed by atoms with van der Waals surface area (Å²) in [6.07, 6.45) is -1.65. The molecular formula is C61H85FN8O21S. The molecule has 4 aromatic rings. The van der Waals surface area contributed by atoms with Crippen LogP contribution in [0.25, 0.3) is 10.9 Å². The van der Waals surface area contributed by atoms with Crippen molar-refractivity contribution < 1.29 is 103 Å². The number of amides is 6. The molecule has 0 aliphatic rings. The lowest BCUT2D eigenvalue weighted by Gasteiger charge is -2.25. The van der Waals surface area contributed by atoms with Crippen molar-refractivity contribution in [2.24, 2.45) is 5.73 Å². The quantitative estimate of drug-likeness (QED) is 0.0172. The van der Waals surface area contributed by atoms with E-state index in [0.29, 0.717) is 55.3 Å². The number of fused-ring (bicyclic) bond motifs is 1. The van der Waals surface area contributed by atoms with Gasteiger partial charge in [-0.25, -0.2) is 12.8 Å². The number of nitrogens with two attached hydrogens (primary N) is 1. The van der Waals surface area contributed by atoms with Gasteiger partial charge in [-0.2, -0.15) is 4.72 Å². The van der Waals surface area contributed by atoms with E-state index in [1.807, 2.05) is 6.92 Å². The summed E-state index contributed by atoms with van der Waals surface area (Å²) in [5, 5.41) is 13.0. The lowest BCUT2D eigenvalue weighted by Crippen LogP contribution is -2.58. The van der Waals surface area contributed by atoms with Crippen LogP contribution in [0, 0.1) is 5.82 Å². The minimum atomic E-state index is -4.61. The maximum Gasteiger partial charge on any atom is 0.308 e. The van der Waals surface area contributed by atoms with Crippen LogP contribution in [-0.4, -0.2) is 210 Å². The number of ether oxygens (including phenoxy) is 10. The number of hydrogen-bond donors (Lipinski definition) is 8. The number of aromatic amines is 1. The number of hydrogen-bond acceptors (Lipinski definition) is 21. The molecule has 5 atom stereocenters. The fraction of sp³-hybridized carbons (Fsp3) is 0.525. The van der Waals surface area contributed by atoms with Crippen LogP contribution < -0.4 is 41.8 Å². The summed E-state index contributed by atoms with van der Waals surface area (Å²) in [6.45, 7) is 6.88. The SMILES string of the molecule is CCOCCOCCOC(=O)CC[C@H](NC(=O)[C@H](Cc1c[nH]c2ccccc12)NC(=O)[C@H](Cc1cccc(F)c1)NC(=O)CNC(=O)[C@H](CCC(=O)OCCOCCOCC)NC(=O)[C@@H](CC(=O)OCCOCCOCC)NS(=O)(=O)c1ccc(OC)cc1)C(N)=O. The van der Waals surface area contributed by atoms with E-state index in [0.717, 1.165) is 12.1 Å². The summed E-state index contributed by atoms with van der Waals surface area (Å²) in [5.74, 6) is -9.39. The normalized spacial score (nSPS) is 12.9. The molecule has 0 fully saturated rings. The Bertz CT molecular complexity index is 3080. The van der Waals surface area contributed by atoms with Crippen molar-refractivity contribution in [3.05, 3.63) is 95.9 Å². The summed E-state index contributed by atoms with van der Waals surface area (Å²) in [6, 6.07) is 8.83. The number of rotatable bonds is 48. The molecule has 4 rings (SSSR count). The van der Waals surface area contributed by atoms with Gasteiger partial charge in [0.15, 0.2) is 0 Å². The largest absolute Gasteiger partial charge is 0.497 e. The Labute approximate surface area is 533 Å². The van der Waals surface area contributed by atoms with Gasteiger partial charge in [-0.1, -0.05) is 30.3 Å². The molecule has 0 spiro atoms. The number of benzene rings is 3. The monoisotopic (exact) mass is 1320 g/mol. The standard InChI is InChI=1S/C61H85FN8O21S/c1-5-83-23-26-86-29-32-89-54(72)21-19-48(57(63)75)67-60(78)51(37-42-39-64-47-14-9-8-13-46(42)47)69-59(77)50(36-41-11-10-12-43(62)35-41)66-53(71)40-65-58(76)49(20-22-55(73)90-33-30-87-27-24-84-6-2)68-61(79)52(38-56(74)91-34-31-88-28-25-85-7-3)70-92(80,81)45-17-15-44(82-4)16-18-45/h8-18,35,39,48-52,64,70H,5-7,19-34,36-38,40H2,1-4H3,(H2,63,75)(H,65,76)(H,66,71)(H,67,78)(H,68,79)(H,69,77)/t48-,49-,50-,51-,52+/m0/s1. The predicted octanol–water partition coefficient (Wildman–Crippen LogP) is 0.728. The summed E-state index contributed by atoms with van der Waals surface area (Å²) >= 11 is 0. The second kappa shape index (κ2) is 42.8. The fourth-order valence-electron chi connectivity index (χ4n) is 8.57. The number of para-hydroxylation sites is 1. The molecule has 92 heavy (non-hydrogen) atoms. The molecule has 0 unspecified atom stereocenters. The van der Waals surface area contributed by atoms with Crippen molar-refractivity contribution in [2.75, 3.05) is 113 Å². The van der Waals surface area contributed by atoms with E-state index in [9.17, 15) is 56.0 Å². The molecule has 3 aromatic carbocycles. The Morgan fingerprint density at radius 2 is 1.04 bits per heavy atom. The van der Waals surface area contributed by atoms with Gasteiger partial charge in [0.05, 0.1) is 84.4 Å². The number of methoxy groups -OCH3 is 1. The number of nitrogens with one attached hydrogen (secondary N) is 7. The fourth-order valence-corrected chi connectivity index (χ4v) is 9.77. The van der Waals surface area contributed by atoms with E-state index in [1.165, 1.54) is 43.5 Å². The van der Waals surface area contributed by atoms with Crippen LogP contribution in [0.15, 0.2) is 83.9 Å². The van der Waals surface area contributed by atoms with Crippen LogP contribution >= 0.6 is 0 Å². The van der Waals surface area contributed by atoms with E-state index in [1.54, 1.807) is 44.3 Å². The van der Waals surface area contributed by atoms with Crippen LogP contribution in [0.5, 0.6) is 5.75 Å². The van der Waals surface area contributed by atoms with Crippen molar-refractivity contribution in [2.45, 2.75) is 101 Å². The van der Waals surface area contributed by atoms with Crippen LogP contribution in [-0.2, 0) is 109 Å². The Morgan fingerprint density at radius 1 is 0.543 bits per heavy atom. The topological polar surface area (TPSA) is 394 Å². The van der Waals surface area contributed by atoms with E-state index in [2.05, 4.69) is 36.3 Å². The maximum atomic E-state index is 14.7. The molecule has 31 heteroatoms. The van der Waals surface area contributed by atoms with Gasteiger partial charge < -0.3 is 84.7 Å². The molecule has 0 aliphatic heterocycles. The molecule has 29 nitrogen and oxygen atoms in total. The molecule has 508 valence electrons. The molecule has 9 N–H and O–H groups in total. The van der Waals surface area contributed by atoms with Gasteiger partial charge in [0, 0.05) is 62.6 Å². The molecule has 0 radical (unpaired) electrons. The highest BCUT2D eigenvalue weighted by atomic mass is 32.2. The van der Waals surface area contributed by atoms with E-state index in [-0.39, 0.29) is 95.8 Å². The van der Waals surface area contributed by atoms with Crippen LogP contribution in [0.2, 0.25) is 0 Å². The van der Waals surface area contributed by atoms with Crippen molar-refractivity contribution in [1.29, 1.82) is 0 Å². The Kier molecular flexibility index (Phi) is 35.5. The highest BCUT2D eigenvalue weighted by Gasteiger charge is 2.34. The molecule has 6 amide bonds. The van der Waals surface area contributed by atoms with Crippen molar-refractivity contribution in [3.8, 4) is 5.75 Å². The lowest BCUT2D eigenvalue weighted by atomic mass is 10.0. The first-order valence-electron chi connectivity index (χ1n) is 29.9. The second-order valence-corrected chi connectivity index (χ2v) is 21.8. The first kappa shape index (κ1) is 76.3. The smallest absolute Gasteiger partial charge is 0.308 e. The Hall–Kier alpha value is -8.17. The average molecular weight is 1320 g/mol. The Balaban J connectivity index is 1.58. The molecule has 0 aliphatic carbocycles. The van der Waals surface area contributed by atoms with Crippen LogP contribution in [0.4, 0.5) is 4.39 Å². The third-order valence-electron chi connectivity index (χ3n) is 13.3. The summed E-state index contributed by atoms with van der Waals surface area (Å²) < 4.78 is 96.9. The predicted molar refractivity (Wildman–Crippen MR) is 327 cm³/mol. The van der Waals surface area contributed by atoms with Crippen molar-refractivity contribution in [3.63, 3.8) is 0 Å². The first-order chi connectivity index (χ1) is 44.3. The minimum absolute atomic E-state index is 0.0144. The van der Waals surface area contributed by atoms with Gasteiger partial charge in [-0.15, -0.1) is 0 Å². The van der Waals surface area contributed by atoms with Gasteiger partial charge in [-0.05, 0) is 87.2 Å². The maximum absolute atomic E-state index is 14.7. The third kappa shape index (κ3) is 29.4. The van der Waals surface area contributed by atoms with Gasteiger partial charge in [0.2, 0.25) is 45.5 Å². The number of carbonyl (C=O) groups is 9. The zero-order valence-electron chi connectivity index (χ0n) is 52.1. The number of H-pyrrole nitrogens is 1. The van der Waals surface area contributed by atoms with E-state index >= 15 is 0 Å². The molecule has 1 aromatic heterocycles. The minimum Gasteiger partial charge on any atom is -0.497 e. The summed E-state index contributed by atoms with van der Waals surface area (Å²) in [5.41, 5.74) is 7.11. The first-order valence-corrected chi connectivity index (χ1v) is 31.4. The average Bonchev–Trinajstić information content (AvgIpc) is 1.53. The summed E-state index contributed by atoms with van der Waals surface area (Å²) in [4.78, 5) is 126. The number of halogens is 1. The van der Waals surface area contributed by atoms with Crippen LogP contribution in [0.3, 0.4) is 0 Å². The third-order valence-corrected chi connectivity index (χ3v) is 14.7. The van der Waals surface area contributed by atoms with Gasteiger partial charge in [0.1, 0.15) is 61.6 Å². The zero-order chi connectivity index (χ0) is 67.1. The lowest BCUT2D eigenvalue weighted by molar-refractivity contribution is -0.147.